The third-order valence-electron chi connectivity index (χ3n) is 2.25. The predicted molar refractivity (Wildman–Crippen MR) is 67.1 cm³/mol. The van der Waals surface area contributed by atoms with Gasteiger partial charge in [0.25, 0.3) is 0 Å². The van der Waals surface area contributed by atoms with Crippen molar-refractivity contribution >= 4 is 22.2 Å². The lowest BCUT2D eigenvalue weighted by Gasteiger charge is -2.07. The Bertz CT molecular complexity index is 537. The lowest BCUT2D eigenvalue weighted by Crippen LogP contribution is -1.97. The van der Waals surface area contributed by atoms with E-state index in [1.54, 1.807) is 23.0 Å². The zero-order valence-corrected chi connectivity index (χ0v) is 10.8. The SMILES string of the molecule is Cn1cc(COc2ccc(Br)cc2C=O)cn1. The molecule has 0 saturated carbocycles. The number of carbonyl (C=O) groups excluding carboxylic acids is 1. The summed E-state index contributed by atoms with van der Waals surface area (Å²) in [5.74, 6) is 0.576. The highest BCUT2D eigenvalue weighted by molar-refractivity contribution is 9.10. The molecule has 2 aromatic rings. The van der Waals surface area contributed by atoms with Gasteiger partial charge in [0.15, 0.2) is 6.29 Å². The quantitative estimate of drug-likeness (QED) is 0.814. The van der Waals surface area contributed by atoms with Crippen LogP contribution in [0.1, 0.15) is 15.9 Å². The highest BCUT2D eigenvalue weighted by Gasteiger charge is 2.04. The molecule has 4 nitrogen and oxygen atoms in total. The summed E-state index contributed by atoms with van der Waals surface area (Å²) in [6.45, 7) is 0.399. The van der Waals surface area contributed by atoms with Crippen LogP contribution in [0.5, 0.6) is 5.75 Å². The van der Waals surface area contributed by atoms with Crippen molar-refractivity contribution in [3.8, 4) is 5.75 Å². The second-order valence-electron chi connectivity index (χ2n) is 3.61. The van der Waals surface area contributed by atoms with Gasteiger partial charge >= 0.3 is 0 Å². The number of nitrogens with zero attached hydrogens (tertiary/aromatic N) is 2. The lowest BCUT2D eigenvalue weighted by atomic mass is 10.2. The van der Waals surface area contributed by atoms with Crippen molar-refractivity contribution < 1.29 is 9.53 Å². The first-order valence-electron chi connectivity index (χ1n) is 5.04. The van der Waals surface area contributed by atoms with Crippen LogP contribution >= 0.6 is 15.9 Å². The van der Waals surface area contributed by atoms with Gasteiger partial charge in [0.1, 0.15) is 12.4 Å². The standard InChI is InChI=1S/C12H11BrN2O2/c1-15-6-9(5-14-15)8-17-12-3-2-11(13)4-10(12)7-16/h2-7H,8H2,1H3. The van der Waals surface area contributed by atoms with E-state index < -0.39 is 0 Å². The molecule has 0 fully saturated rings. The number of halogens is 1. The molecular weight excluding hydrogens is 284 g/mol. The Hall–Kier alpha value is -1.62. The van der Waals surface area contributed by atoms with E-state index >= 15 is 0 Å². The van der Waals surface area contributed by atoms with Crippen LogP contribution in [0.15, 0.2) is 35.1 Å². The molecule has 0 atom stereocenters. The third kappa shape index (κ3) is 2.94. The minimum absolute atomic E-state index is 0.399. The summed E-state index contributed by atoms with van der Waals surface area (Å²) in [5, 5.41) is 4.05. The number of carbonyl (C=O) groups is 1. The van der Waals surface area contributed by atoms with Crippen molar-refractivity contribution in [2.75, 3.05) is 0 Å². The number of hydrogen-bond acceptors (Lipinski definition) is 3. The molecule has 0 saturated heterocycles. The van der Waals surface area contributed by atoms with Gasteiger partial charge in [-0.05, 0) is 18.2 Å². The van der Waals surface area contributed by atoms with E-state index in [0.29, 0.717) is 17.9 Å². The van der Waals surface area contributed by atoms with Crippen LogP contribution in [0.2, 0.25) is 0 Å². The number of aromatic nitrogens is 2. The van der Waals surface area contributed by atoms with E-state index in [-0.39, 0.29) is 0 Å². The highest BCUT2D eigenvalue weighted by atomic mass is 79.9. The normalized spacial score (nSPS) is 10.2. The minimum Gasteiger partial charge on any atom is -0.488 e. The molecule has 0 aliphatic carbocycles. The molecule has 0 spiro atoms. The summed E-state index contributed by atoms with van der Waals surface area (Å²) < 4.78 is 8.14. The van der Waals surface area contributed by atoms with Crippen LogP contribution in [-0.4, -0.2) is 16.1 Å². The number of rotatable bonds is 4. The Balaban J connectivity index is 2.11. The Morgan fingerprint density at radius 2 is 2.35 bits per heavy atom. The number of benzene rings is 1. The van der Waals surface area contributed by atoms with E-state index in [4.69, 9.17) is 4.74 Å². The van der Waals surface area contributed by atoms with Gasteiger partial charge in [0.2, 0.25) is 0 Å². The first-order valence-corrected chi connectivity index (χ1v) is 5.83. The van der Waals surface area contributed by atoms with Crippen molar-refractivity contribution in [2.24, 2.45) is 7.05 Å². The summed E-state index contributed by atoms with van der Waals surface area (Å²) in [4.78, 5) is 10.9. The van der Waals surface area contributed by atoms with E-state index in [2.05, 4.69) is 21.0 Å². The van der Waals surface area contributed by atoms with Gasteiger partial charge in [-0.3, -0.25) is 9.48 Å². The maximum atomic E-state index is 10.9. The molecule has 1 aromatic carbocycles. The second kappa shape index (κ2) is 5.14. The summed E-state index contributed by atoms with van der Waals surface area (Å²) in [6, 6.07) is 5.33. The first-order chi connectivity index (χ1) is 8.19. The van der Waals surface area contributed by atoms with Crippen molar-refractivity contribution in [3.63, 3.8) is 0 Å². The maximum absolute atomic E-state index is 10.9. The first kappa shape index (κ1) is 11.9. The second-order valence-corrected chi connectivity index (χ2v) is 4.53. The van der Waals surface area contributed by atoms with Crippen LogP contribution in [0.3, 0.4) is 0 Å². The Kier molecular flexibility index (Phi) is 3.58. The molecule has 0 bridgehead atoms. The van der Waals surface area contributed by atoms with Gasteiger partial charge in [0.05, 0.1) is 11.8 Å². The molecule has 0 unspecified atom stereocenters. The minimum atomic E-state index is 0.399. The van der Waals surface area contributed by atoms with E-state index in [1.807, 2.05) is 19.3 Å². The van der Waals surface area contributed by atoms with Crippen LogP contribution in [0.25, 0.3) is 0 Å². The molecule has 1 aromatic heterocycles. The summed E-state index contributed by atoms with van der Waals surface area (Å²) in [7, 11) is 1.85. The topological polar surface area (TPSA) is 44.1 Å². The summed E-state index contributed by atoms with van der Waals surface area (Å²) in [6.07, 6.45) is 4.39. The fourth-order valence-electron chi connectivity index (χ4n) is 1.45. The molecule has 5 heteroatoms. The molecule has 1 heterocycles. The van der Waals surface area contributed by atoms with Gasteiger partial charge in [-0.15, -0.1) is 0 Å². The molecule has 0 N–H and O–H groups in total. The maximum Gasteiger partial charge on any atom is 0.153 e. The molecule has 0 amide bonds. The average molecular weight is 295 g/mol. The Morgan fingerprint density at radius 1 is 1.53 bits per heavy atom. The van der Waals surface area contributed by atoms with Crippen molar-refractivity contribution in [1.29, 1.82) is 0 Å². The van der Waals surface area contributed by atoms with E-state index in [9.17, 15) is 4.79 Å². The van der Waals surface area contributed by atoms with Gasteiger partial charge in [-0.2, -0.15) is 5.10 Å². The van der Waals surface area contributed by atoms with E-state index in [0.717, 1.165) is 16.3 Å². The fraction of sp³-hybridized carbons (Fsp3) is 0.167. The number of hydrogen-bond donors (Lipinski definition) is 0. The molecule has 0 aliphatic heterocycles. The fourth-order valence-corrected chi connectivity index (χ4v) is 1.83. The Labute approximate surface area is 107 Å². The predicted octanol–water partition coefficient (Wildman–Crippen LogP) is 2.57. The zero-order chi connectivity index (χ0) is 12.3. The molecular formula is C12H11BrN2O2. The van der Waals surface area contributed by atoms with Gasteiger partial charge in [-0.1, -0.05) is 15.9 Å². The van der Waals surface area contributed by atoms with Crippen LogP contribution < -0.4 is 4.74 Å². The number of ether oxygens (including phenoxy) is 1. The monoisotopic (exact) mass is 294 g/mol. The highest BCUT2D eigenvalue weighted by Crippen LogP contribution is 2.22. The largest absolute Gasteiger partial charge is 0.488 e. The smallest absolute Gasteiger partial charge is 0.153 e. The lowest BCUT2D eigenvalue weighted by molar-refractivity contribution is 0.111. The van der Waals surface area contributed by atoms with Crippen molar-refractivity contribution in [2.45, 2.75) is 6.61 Å². The van der Waals surface area contributed by atoms with Crippen molar-refractivity contribution in [3.05, 3.63) is 46.2 Å². The van der Waals surface area contributed by atoms with Gasteiger partial charge < -0.3 is 4.74 Å². The molecule has 0 radical (unpaired) electrons. The zero-order valence-electron chi connectivity index (χ0n) is 9.26. The summed E-state index contributed by atoms with van der Waals surface area (Å²) >= 11 is 3.31. The molecule has 2 rings (SSSR count). The molecule has 17 heavy (non-hydrogen) atoms. The summed E-state index contributed by atoms with van der Waals surface area (Å²) in [5.41, 5.74) is 1.50. The van der Waals surface area contributed by atoms with Gasteiger partial charge in [-0.25, -0.2) is 0 Å². The number of aryl methyl sites for hydroxylation is 1. The van der Waals surface area contributed by atoms with Crippen molar-refractivity contribution in [1.82, 2.24) is 9.78 Å². The van der Waals surface area contributed by atoms with E-state index in [1.165, 1.54) is 0 Å². The van der Waals surface area contributed by atoms with Crippen LogP contribution in [0, 0.1) is 0 Å². The average Bonchev–Trinajstić information content (AvgIpc) is 2.73. The molecule has 88 valence electrons. The van der Waals surface area contributed by atoms with Gasteiger partial charge in [0, 0.05) is 23.3 Å². The van der Waals surface area contributed by atoms with Crippen LogP contribution in [0.4, 0.5) is 0 Å². The number of aldehydes is 1. The molecule has 0 aliphatic rings. The van der Waals surface area contributed by atoms with Crippen LogP contribution in [-0.2, 0) is 13.7 Å². The third-order valence-corrected chi connectivity index (χ3v) is 2.74. The Morgan fingerprint density at radius 3 is 3.00 bits per heavy atom.